The van der Waals surface area contributed by atoms with Crippen LogP contribution in [-0.2, 0) is 17.7 Å². The van der Waals surface area contributed by atoms with Crippen molar-refractivity contribution in [2.75, 3.05) is 6.61 Å². The van der Waals surface area contributed by atoms with Crippen molar-refractivity contribution in [1.29, 1.82) is 0 Å². The summed E-state index contributed by atoms with van der Waals surface area (Å²) in [6.45, 7) is 2.90. The van der Waals surface area contributed by atoms with Crippen LogP contribution >= 0.6 is 0 Å². The zero-order chi connectivity index (χ0) is 17.6. The molecule has 1 saturated heterocycles. The van der Waals surface area contributed by atoms with Crippen LogP contribution in [0.4, 0.5) is 9.18 Å². The summed E-state index contributed by atoms with van der Waals surface area (Å²) in [4.78, 5) is 12.3. The zero-order valence-electron chi connectivity index (χ0n) is 14.1. The molecule has 2 amide bonds. The maximum absolute atomic E-state index is 13.2. The molecule has 0 aliphatic carbocycles. The topological polar surface area (TPSA) is 76.4 Å². The minimum absolute atomic E-state index is 0.117. The molecular weight excluding hydrogens is 325 g/mol. The van der Waals surface area contributed by atoms with Gasteiger partial charge in [-0.3, -0.25) is 0 Å². The lowest BCUT2D eigenvalue weighted by atomic mass is 9.99. The van der Waals surface area contributed by atoms with Crippen LogP contribution in [0.25, 0.3) is 0 Å². The maximum Gasteiger partial charge on any atom is 0.315 e. The molecule has 25 heavy (non-hydrogen) atoms. The molecule has 1 aliphatic heterocycles. The van der Waals surface area contributed by atoms with Gasteiger partial charge in [0, 0.05) is 12.7 Å². The number of halogens is 1. The van der Waals surface area contributed by atoms with Gasteiger partial charge in [0.25, 0.3) is 0 Å². The van der Waals surface area contributed by atoms with E-state index in [1.165, 1.54) is 12.1 Å². The number of nitrogens with zero attached hydrogens (tertiary/aromatic N) is 1. The molecule has 3 rings (SSSR count). The fourth-order valence-corrected chi connectivity index (χ4v) is 2.89. The van der Waals surface area contributed by atoms with Crippen LogP contribution in [0.3, 0.4) is 0 Å². The zero-order valence-corrected chi connectivity index (χ0v) is 14.1. The molecule has 0 bridgehead atoms. The second kappa shape index (κ2) is 8.11. The van der Waals surface area contributed by atoms with E-state index in [9.17, 15) is 9.18 Å². The van der Waals surface area contributed by atoms with Gasteiger partial charge in [-0.15, -0.1) is 0 Å². The quantitative estimate of drug-likeness (QED) is 0.842. The normalized spacial score (nSPS) is 18.1. The molecule has 2 heterocycles. The van der Waals surface area contributed by atoms with Crippen LogP contribution in [0.2, 0.25) is 0 Å². The first kappa shape index (κ1) is 17.4. The Morgan fingerprint density at radius 3 is 2.84 bits per heavy atom. The van der Waals surface area contributed by atoms with Crippen LogP contribution in [0, 0.1) is 5.82 Å². The first-order chi connectivity index (χ1) is 12.2. The van der Waals surface area contributed by atoms with E-state index in [4.69, 9.17) is 9.26 Å². The number of carbonyl (C=O) groups excluding carboxylic acids is 1. The number of hydrogen-bond acceptors (Lipinski definition) is 4. The monoisotopic (exact) mass is 347 g/mol. The second-order valence-corrected chi connectivity index (χ2v) is 6.05. The lowest BCUT2D eigenvalue weighted by Crippen LogP contribution is -2.41. The average molecular weight is 347 g/mol. The molecule has 0 radical (unpaired) electrons. The number of ether oxygens (including phenoxy) is 1. The van der Waals surface area contributed by atoms with Crippen molar-refractivity contribution < 1.29 is 18.4 Å². The van der Waals surface area contributed by atoms with Gasteiger partial charge in [-0.05, 0) is 37.0 Å². The molecule has 2 atom stereocenters. The highest BCUT2D eigenvalue weighted by molar-refractivity contribution is 5.74. The van der Waals surface area contributed by atoms with E-state index in [1.54, 1.807) is 12.1 Å². The minimum atomic E-state index is -0.334. The summed E-state index contributed by atoms with van der Waals surface area (Å²) in [5.74, 6) is 0.291. The second-order valence-electron chi connectivity index (χ2n) is 6.05. The number of hydrogen-bond donors (Lipinski definition) is 2. The van der Waals surface area contributed by atoms with Crippen molar-refractivity contribution in [2.24, 2.45) is 0 Å². The Balaban J connectivity index is 1.62. The van der Waals surface area contributed by atoms with Crippen molar-refractivity contribution in [2.45, 2.75) is 44.9 Å². The van der Waals surface area contributed by atoms with E-state index in [1.807, 2.05) is 13.0 Å². The Kier molecular flexibility index (Phi) is 5.65. The molecule has 134 valence electrons. The van der Waals surface area contributed by atoms with Crippen molar-refractivity contribution in [3.8, 4) is 0 Å². The predicted octanol–water partition coefficient (Wildman–Crippen LogP) is 3.10. The largest absolute Gasteiger partial charge is 0.376 e. The van der Waals surface area contributed by atoms with E-state index >= 15 is 0 Å². The highest BCUT2D eigenvalue weighted by Gasteiger charge is 2.28. The Morgan fingerprint density at radius 1 is 1.40 bits per heavy atom. The SMILES string of the molecule is CCc1cc(CNC(=O)N[C@@H](c2ccc(F)cc2)[C@@H]2CCCO2)on1. The van der Waals surface area contributed by atoms with Crippen molar-refractivity contribution in [1.82, 2.24) is 15.8 Å². The van der Waals surface area contributed by atoms with Gasteiger partial charge in [0.1, 0.15) is 5.82 Å². The molecule has 2 N–H and O–H groups in total. The molecule has 7 heteroatoms. The van der Waals surface area contributed by atoms with E-state index in [0.717, 1.165) is 30.5 Å². The van der Waals surface area contributed by atoms with Gasteiger partial charge in [-0.1, -0.05) is 24.2 Å². The molecule has 6 nitrogen and oxygen atoms in total. The van der Waals surface area contributed by atoms with E-state index in [0.29, 0.717) is 12.4 Å². The highest BCUT2D eigenvalue weighted by atomic mass is 19.1. The molecule has 1 aliphatic rings. The van der Waals surface area contributed by atoms with E-state index in [-0.39, 0.29) is 30.5 Å². The molecule has 1 aromatic carbocycles. The molecule has 2 aromatic rings. The third-order valence-corrected chi connectivity index (χ3v) is 4.25. The number of urea groups is 1. The molecule has 1 fully saturated rings. The number of aryl methyl sites for hydroxylation is 1. The van der Waals surface area contributed by atoms with Crippen LogP contribution in [0.1, 0.15) is 42.8 Å². The van der Waals surface area contributed by atoms with Crippen LogP contribution in [0.15, 0.2) is 34.9 Å². The van der Waals surface area contributed by atoms with E-state index < -0.39 is 0 Å². The summed E-state index contributed by atoms with van der Waals surface area (Å²) in [7, 11) is 0. The van der Waals surface area contributed by atoms with Crippen molar-refractivity contribution in [3.63, 3.8) is 0 Å². The van der Waals surface area contributed by atoms with E-state index in [2.05, 4.69) is 15.8 Å². The number of carbonyl (C=O) groups is 1. The number of benzene rings is 1. The highest BCUT2D eigenvalue weighted by Crippen LogP contribution is 2.27. The van der Waals surface area contributed by atoms with Gasteiger partial charge < -0.3 is 19.9 Å². The summed E-state index contributed by atoms with van der Waals surface area (Å²) in [6, 6.07) is 7.27. The third kappa shape index (κ3) is 4.57. The van der Waals surface area contributed by atoms with Crippen LogP contribution in [0.5, 0.6) is 0 Å². The first-order valence-electron chi connectivity index (χ1n) is 8.51. The lowest BCUT2D eigenvalue weighted by molar-refractivity contribution is 0.0807. The number of aromatic nitrogens is 1. The number of nitrogens with one attached hydrogen (secondary N) is 2. The van der Waals surface area contributed by atoms with Gasteiger partial charge in [0.2, 0.25) is 0 Å². The molecule has 0 spiro atoms. The first-order valence-corrected chi connectivity index (χ1v) is 8.51. The van der Waals surface area contributed by atoms with Gasteiger partial charge >= 0.3 is 6.03 Å². The Bertz CT molecular complexity index is 696. The Morgan fingerprint density at radius 2 is 2.20 bits per heavy atom. The van der Waals surface area contributed by atoms with Gasteiger partial charge in [0.05, 0.1) is 24.4 Å². The van der Waals surface area contributed by atoms with Gasteiger partial charge in [0.15, 0.2) is 5.76 Å². The van der Waals surface area contributed by atoms with Crippen molar-refractivity contribution in [3.05, 3.63) is 53.2 Å². The molecular formula is C18H22FN3O3. The number of rotatable bonds is 6. The minimum Gasteiger partial charge on any atom is -0.376 e. The summed E-state index contributed by atoms with van der Waals surface area (Å²) in [6.07, 6.45) is 2.46. The summed E-state index contributed by atoms with van der Waals surface area (Å²) in [5.41, 5.74) is 1.66. The average Bonchev–Trinajstić information content (AvgIpc) is 3.30. The standard InChI is InChI=1S/C18H22FN3O3/c1-2-14-10-15(25-22-14)11-20-18(23)21-17(16-4-3-9-24-16)12-5-7-13(19)8-6-12/h5-8,10,16-17H,2-4,9,11H2,1H3,(H2,20,21,23)/t16-,17-/m0/s1. The molecule has 0 saturated carbocycles. The fourth-order valence-electron chi connectivity index (χ4n) is 2.89. The van der Waals surface area contributed by atoms with Gasteiger partial charge in [-0.25, -0.2) is 9.18 Å². The fraction of sp³-hybridized carbons (Fsp3) is 0.444. The number of amides is 2. The van der Waals surface area contributed by atoms with Crippen LogP contribution < -0.4 is 10.6 Å². The van der Waals surface area contributed by atoms with Crippen molar-refractivity contribution >= 4 is 6.03 Å². The molecule has 1 aromatic heterocycles. The van der Waals surface area contributed by atoms with Crippen LogP contribution in [-0.4, -0.2) is 23.9 Å². The lowest BCUT2D eigenvalue weighted by Gasteiger charge is -2.24. The third-order valence-electron chi connectivity index (χ3n) is 4.25. The Hall–Kier alpha value is -2.41. The maximum atomic E-state index is 13.2. The predicted molar refractivity (Wildman–Crippen MR) is 89.4 cm³/mol. The van der Waals surface area contributed by atoms with Gasteiger partial charge in [-0.2, -0.15) is 0 Å². The molecule has 0 unspecified atom stereocenters. The summed E-state index contributed by atoms with van der Waals surface area (Å²) in [5, 5.41) is 9.57. The summed E-state index contributed by atoms with van der Waals surface area (Å²) >= 11 is 0. The summed E-state index contributed by atoms with van der Waals surface area (Å²) < 4.78 is 24.0. The Labute approximate surface area is 145 Å². The smallest absolute Gasteiger partial charge is 0.315 e.